The first kappa shape index (κ1) is 16.6. The van der Waals surface area contributed by atoms with Crippen LogP contribution in [0, 0.1) is 5.82 Å². The molecule has 1 aromatic carbocycles. The predicted molar refractivity (Wildman–Crippen MR) is 99.2 cm³/mol. The van der Waals surface area contributed by atoms with Crippen LogP contribution in [-0.4, -0.2) is 31.0 Å². The third-order valence-corrected chi connectivity index (χ3v) is 5.38. The molecule has 1 N–H and O–H groups in total. The molecular formula is C20H23FN6. The minimum absolute atomic E-state index is 0.204. The van der Waals surface area contributed by atoms with Crippen molar-refractivity contribution in [2.24, 2.45) is 0 Å². The molecule has 3 aromatic rings. The van der Waals surface area contributed by atoms with Crippen LogP contribution in [0.3, 0.4) is 0 Å². The van der Waals surface area contributed by atoms with Crippen LogP contribution in [0.2, 0.25) is 0 Å². The molecule has 6 nitrogen and oxygen atoms in total. The summed E-state index contributed by atoms with van der Waals surface area (Å²) in [6.07, 6.45) is 3.09. The highest BCUT2D eigenvalue weighted by molar-refractivity contribution is 5.25. The molecule has 5 rings (SSSR count). The molecule has 0 radical (unpaired) electrons. The van der Waals surface area contributed by atoms with Gasteiger partial charge in [0.2, 0.25) is 0 Å². The Kier molecular flexibility index (Phi) is 4.26. The van der Waals surface area contributed by atoms with Gasteiger partial charge in [0.05, 0.1) is 29.8 Å². The van der Waals surface area contributed by atoms with Crippen LogP contribution in [0.15, 0.2) is 36.5 Å². The van der Waals surface area contributed by atoms with Gasteiger partial charge in [0.15, 0.2) is 0 Å². The highest BCUT2D eigenvalue weighted by Crippen LogP contribution is 2.25. The van der Waals surface area contributed by atoms with Crippen molar-refractivity contribution >= 4 is 0 Å². The molecule has 0 amide bonds. The van der Waals surface area contributed by atoms with Gasteiger partial charge < -0.3 is 5.32 Å². The lowest BCUT2D eigenvalue weighted by Gasteiger charge is -2.14. The normalized spacial score (nSPS) is 16.9. The first-order chi connectivity index (χ1) is 13.2. The summed E-state index contributed by atoms with van der Waals surface area (Å²) >= 11 is 0. The van der Waals surface area contributed by atoms with E-state index in [2.05, 4.69) is 26.1 Å². The minimum Gasteiger partial charge on any atom is -0.311 e. The van der Waals surface area contributed by atoms with Gasteiger partial charge in [-0.2, -0.15) is 10.2 Å². The molecule has 2 aliphatic heterocycles. The zero-order chi connectivity index (χ0) is 18.2. The Morgan fingerprint density at radius 2 is 2.00 bits per heavy atom. The molecular weight excluding hydrogens is 343 g/mol. The standard InChI is InChI=1S/C20H23FN6/c21-17-4-2-15(3-5-17)11-27-20-14-25(12-16(20)9-23-27)13-18-8-19-10-22-6-1-7-26(19)24-18/h2-5,8-9,22H,1,6-7,10-14H2. The van der Waals surface area contributed by atoms with Crippen molar-refractivity contribution in [3.63, 3.8) is 0 Å². The molecule has 0 saturated heterocycles. The van der Waals surface area contributed by atoms with E-state index in [9.17, 15) is 4.39 Å². The number of benzene rings is 1. The van der Waals surface area contributed by atoms with E-state index >= 15 is 0 Å². The van der Waals surface area contributed by atoms with Crippen molar-refractivity contribution in [2.75, 3.05) is 6.54 Å². The van der Waals surface area contributed by atoms with Crippen LogP contribution in [0.25, 0.3) is 0 Å². The van der Waals surface area contributed by atoms with E-state index in [1.165, 1.54) is 29.1 Å². The second-order valence-corrected chi connectivity index (χ2v) is 7.43. The van der Waals surface area contributed by atoms with Crippen molar-refractivity contribution in [1.29, 1.82) is 0 Å². The van der Waals surface area contributed by atoms with Crippen LogP contribution < -0.4 is 5.32 Å². The maximum Gasteiger partial charge on any atom is 0.123 e. The van der Waals surface area contributed by atoms with Gasteiger partial charge in [-0.25, -0.2) is 4.39 Å². The van der Waals surface area contributed by atoms with Gasteiger partial charge in [-0.1, -0.05) is 12.1 Å². The van der Waals surface area contributed by atoms with Gasteiger partial charge in [-0.05, 0) is 36.7 Å². The fourth-order valence-corrected chi connectivity index (χ4v) is 4.01. The molecule has 2 aromatic heterocycles. The summed E-state index contributed by atoms with van der Waals surface area (Å²) < 4.78 is 17.3. The summed E-state index contributed by atoms with van der Waals surface area (Å²) in [6.45, 7) is 6.26. The Morgan fingerprint density at radius 3 is 2.89 bits per heavy atom. The second kappa shape index (κ2) is 6.90. The maximum atomic E-state index is 13.1. The van der Waals surface area contributed by atoms with Crippen molar-refractivity contribution in [1.82, 2.24) is 29.8 Å². The third-order valence-electron chi connectivity index (χ3n) is 5.38. The van der Waals surface area contributed by atoms with E-state index in [1.807, 2.05) is 23.0 Å². The first-order valence-electron chi connectivity index (χ1n) is 9.51. The van der Waals surface area contributed by atoms with E-state index in [4.69, 9.17) is 5.10 Å². The summed E-state index contributed by atoms with van der Waals surface area (Å²) in [6, 6.07) is 8.88. The number of nitrogens with zero attached hydrogens (tertiary/aromatic N) is 5. The zero-order valence-corrected chi connectivity index (χ0v) is 15.2. The Morgan fingerprint density at radius 1 is 1.11 bits per heavy atom. The third kappa shape index (κ3) is 3.40. The van der Waals surface area contributed by atoms with Crippen LogP contribution in [-0.2, 0) is 39.3 Å². The fraction of sp³-hybridized carbons (Fsp3) is 0.400. The lowest BCUT2D eigenvalue weighted by atomic mass is 10.2. The van der Waals surface area contributed by atoms with Crippen LogP contribution in [0.5, 0.6) is 0 Å². The monoisotopic (exact) mass is 366 g/mol. The summed E-state index contributed by atoms with van der Waals surface area (Å²) in [5.74, 6) is -0.204. The van der Waals surface area contributed by atoms with Crippen LogP contribution in [0.1, 0.15) is 34.6 Å². The van der Waals surface area contributed by atoms with Gasteiger partial charge in [-0.15, -0.1) is 0 Å². The minimum atomic E-state index is -0.204. The predicted octanol–water partition coefficient (Wildman–Crippen LogP) is 2.28. The van der Waals surface area contributed by atoms with Gasteiger partial charge in [-0.3, -0.25) is 14.3 Å². The molecule has 0 bridgehead atoms. The first-order valence-corrected chi connectivity index (χ1v) is 9.51. The number of aryl methyl sites for hydroxylation is 1. The van der Waals surface area contributed by atoms with Gasteiger partial charge in [0.1, 0.15) is 5.82 Å². The number of hydrogen-bond acceptors (Lipinski definition) is 4. The number of halogens is 1. The molecule has 0 saturated carbocycles. The molecule has 140 valence electrons. The molecule has 27 heavy (non-hydrogen) atoms. The average molecular weight is 366 g/mol. The number of fused-ring (bicyclic) bond motifs is 2. The summed E-state index contributed by atoms with van der Waals surface area (Å²) in [7, 11) is 0. The van der Waals surface area contributed by atoms with Crippen LogP contribution in [0.4, 0.5) is 4.39 Å². The second-order valence-electron chi connectivity index (χ2n) is 7.43. The number of rotatable bonds is 4. The quantitative estimate of drug-likeness (QED) is 0.770. The zero-order valence-electron chi connectivity index (χ0n) is 15.2. The smallest absolute Gasteiger partial charge is 0.123 e. The number of hydrogen-bond donors (Lipinski definition) is 1. The summed E-state index contributed by atoms with van der Waals surface area (Å²) in [4.78, 5) is 2.41. The molecule has 7 heteroatoms. The Labute approximate surface area is 157 Å². The van der Waals surface area contributed by atoms with Crippen molar-refractivity contribution in [3.05, 3.63) is 70.6 Å². The van der Waals surface area contributed by atoms with Crippen molar-refractivity contribution in [2.45, 2.75) is 45.7 Å². The fourth-order valence-electron chi connectivity index (χ4n) is 4.01. The van der Waals surface area contributed by atoms with Gasteiger partial charge in [0.25, 0.3) is 0 Å². The lowest BCUT2D eigenvalue weighted by molar-refractivity contribution is 0.264. The highest BCUT2D eigenvalue weighted by Gasteiger charge is 2.24. The number of aromatic nitrogens is 4. The molecule has 2 aliphatic rings. The molecule has 0 aliphatic carbocycles. The largest absolute Gasteiger partial charge is 0.311 e. The van der Waals surface area contributed by atoms with Gasteiger partial charge in [0, 0.05) is 38.3 Å². The Balaban J connectivity index is 1.27. The maximum absolute atomic E-state index is 13.1. The summed E-state index contributed by atoms with van der Waals surface area (Å²) in [5.41, 5.74) is 6.01. The van der Waals surface area contributed by atoms with E-state index in [1.54, 1.807) is 0 Å². The molecule has 0 unspecified atom stereocenters. The van der Waals surface area contributed by atoms with E-state index in [0.29, 0.717) is 6.54 Å². The van der Waals surface area contributed by atoms with Crippen molar-refractivity contribution < 1.29 is 4.39 Å². The Hall–Kier alpha value is -2.51. The summed E-state index contributed by atoms with van der Waals surface area (Å²) in [5, 5.41) is 12.8. The number of nitrogens with one attached hydrogen (secondary N) is 1. The molecule has 0 fully saturated rings. The van der Waals surface area contributed by atoms with Crippen molar-refractivity contribution in [3.8, 4) is 0 Å². The van der Waals surface area contributed by atoms with E-state index < -0.39 is 0 Å². The van der Waals surface area contributed by atoms with Crippen LogP contribution >= 0.6 is 0 Å². The lowest BCUT2D eigenvalue weighted by Crippen LogP contribution is -2.18. The SMILES string of the molecule is Fc1ccc(Cn2ncc3c2CN(Cc2cc4n(n2)CCCNC4)C3)cc1. The molecule has 4 heterocycles. The van der Waals surface area contributed by atoms with E-state index in [-0.39, 0.29) is 5.82 Å². The molecule has 0 atom stereocenters. The topological polar surface area (TPSA) is 50.9 Å². The van der Waals surface area contributed by atoms with E-state index in [0.717, 1.165) is 56.9 Å². The average Bonchev–Trinajstić information content (AvgIpc) is 3.29. The van der Waals surface area contributed by atoms with Gasteiger partial charge >= 0.3 is 0 Å². The highest BCUT2D eigenvalue weighted by atomic mass is 19.1. The Bertz CT molecular complexity index is 919. The molecule has 0 spiro atoms.